The Kier molecular flexibility index (Phi) is 16.7. The van der Waals surface area contributed by atoms with Crippen molar-refractivity contribution in [1.82, 2.24) is 0 Å². The third-order valence-corrected chi connectivity index (χ3v) is 13.0. The van der Waals surface area contributed by atoms with Gasteiger partial charge in [-0.15, -0.1) is 46.2 Å². The summed E-state index contributed by atoms with van der Waals surface area (Å²) in [6.07, 6.45) is 10.0. The second kappa shape index (κ2) is 20.8. The molecule has 0 fully saturated rings. The molecule has 0 aromatic heterocycles. The molecule has 0 aliphatic heterocycles. The van der Waals surface area contributed by atoms with Crippen molar-refractivity contribution in [1.29, 1.82) is 0 Å². The summed E-state index contributed by atoms with van der Waals surface area (Å²) >= 11 is 1.54. The minimum absolute atomic E-state index is 0. The molecule has 2 atom stereocenters. The SMILES string of the molecule is CC(C)(C)c1cc2c(cc1-c1ccccc1)[cH-]c1cc(-c3ccccc3)c(C(C)(C)C)cc12.CC([C](=[Zr+2])C(C)c1ccccc1)c1ccccc1.[C-]1=CC=CC1.[Cl-].[Cl-]. The molecule has 1 aliphatic carbocycles. The van der Waals surface area contributed by atoms with Gasteiger partial charge in [-0.25, -0.2) is 12.2 Å². The number of benzene rings is 6. The number of halogens is 2. The zero-order chi connectivity index (χ0) is 39.9. The second-order valence-corrected chi connectivity index (χ2v) is 18.5. The summed E-state index contributed by atoms with van der Waals surface area (Å²) in [5.74, 6) is 1.08. The fourth-order valence-electron chi connectivity index (χ4n) is 7.62. The molecular weight excluding hydrogens is 823 g/mol. The molecule has 0 heterocycles. The molecule has 8 rings (SSSR count). The average Bonchev–Trinajstić information content (AvgIpc) is 3.92. The standard InChI is InChI=1S/C33H33.C17H18.C5H5.2ClH.Zr/c1-32(2,3)30-20-26-24(18-28(30)22-13-9-7-10-14-22)17-25-19-29(23-15-11-8-12-16-23)31(21-27(25)26)33(4,5)6;1-14(16-9-5-3-6-10-16)13-15(2)17-11-7-4-8-12-17;1-2-4-5-3-1;;;/h7-21H,1-6H3;3-12,14-15H,1-2H3;1-3H,4H2;2*1H;/q-1;;-1;;;+2/p-2. The third-order valence-electron chi connectivity index (χ3n) is 10.9. The van der Waals surface area contributed by atoms with Crippen LogP contribution in [0.2, 0.25) is 0 Å². The van der Waals surface area contributed by atoms with Gasteiger partial charge in [0.1, 0.15) is 0 Å². The van der Waals surface area contributed by atoms with Crippen LogP contribution in [-0.4, -0.2) is 3.21 Å². The molecule has 1 aliphatic rings. The molecule has 296 valence electrons. The van der Waals surface area contributed by atoms with Crippen LogP contribution in [0.25, 0.3) is 43.8 Å². The van der Waals surface area contributed by atoms with Gasteiger partial charge in [-0.1, -0.05) is 114 Å². The second-order valence-electron chi connectivity index (χ2n) is 17.1. The van der Waals surface area contributed by atoms with E-state index < -0.39 is 0 Å². The number of allylic oxidation sites excluding steroid dienone is 4. The Morgan fingerprint density at radius 1 is 0.552 bits per heavy atom. The van der Waals surface area contributed by atoms with Gasteiger partial charge in [0, 0.05) is 0 Å². The summed E-state index contributed by atoms with van der Waals surface area (Å²) in [6, 6.07) is 55.3. The van der Waals surface area contributed by atoms with Crippen molar-refractivity contribution in [2.75, 3.05) is 0 Å². The van der Waals surface area contributed by atoms with Crippen molar-refractivity contribution < 1.29 is 49.0 Å². The van der Waals surface area contributed by atoms with E-state index in [1.54, 1.807) is 27.4 Å². The zero-order valence-corrected chi connectivity index (χ0v) is 39.3. The molecule has 2 unspecified atom stereocenters. The van der Waals surface area contributed by atoms with Crippen LogP contribution in [0.15, 0.2) is 170 Å². The molecule has 7 aromatic rings. The van der Waals surface area contributed by atoms with E-state index in [-0.39, 0.29) is 35.6 Å². The molecule has 0 bridgehead atoms. The quantitative estimate of drug-likeness (QED) is 0.146. The van der Waals surface area contributed by atoms with E-state index in [2.05, 4.69) is 219 Å². The predicted molar refractivity (Wildman–Crippen MR) is 242 cm³/mol. The number of fused-ring (bicyclic) bond motifs is 3. The molecular formula is C55H56Cl2Zr-2. The molecule has 3 heteroatoms. The number of rotatable bonds is 6. The van der Waals surface area contributed by atoms with Crippen molar-refractivity contribution >= 4 is 24.8 Å². The molecule has 58 heavy (non-hydrogen) atoms. The van der Waals surface area contributed by atoms with Gasteiger partial charge < -0.3 is 24.8 Å². The smallest absolute Gasteiger partial charge is 0.109 e. The van der Waals surface area contributed by atoms with Crippen molar-refractivity contribution in [3.63, 3.8) is 0 Å². The summed E-state index contributed by atoms with van der Waals surface area (Å²) in [4.78, 5) is 0. The van der Waals surface area contributed by atoms with Crippen LogP contribution in [0.4, 0.5) is 0 Å². The van der Waals surface area contributed by atoms with Gasteiger partial charge in [0.2, 0.25) is 0 Å². The van der Waals surface area contributed by atoms with Crippen molar-refractivity contribution in [3.8, 4) is 22.3 Å². The predicted octanol–water partition coefficient (Wildman–Crippen LogP) is 9.27. The molecule has 0 amide bonds. The van der Waals surface area contributed by atoms with Crippen LogP contribution in [0.5, 0.6) is 0 Å². The van der Waals surface area contributed by atoms with Crippen molar-refractivity contribution in [2.24, 2.45) is 0 Å². The van der Waals surface area contributed by atoms with Crippen LogP contribution in [0.1, 0.15) is 95.9 Å². The van der Waals surface area contributed by atoms with E-state index in [0.717, 1.165) is 6.42 Å². The Balaban J connectivity index is 0.000000250. The first-order valence-corrected chi connectivity index (χ1v) is 21.3. The van der Waals surface area contributed by atoms with Crippen LogP contribution in [0, 0.1) is 6.08 Å². The third kappa shape index (κ3) is 11.4. The van der Waals surface area contributed by atoms with E-state index in [0.29, 0.717) is 11.8 Å². The van der Waals surface area contributed by atoms with Crippen LogP contribution in [-0.2, 0) is 35.1 Å². The van der Waals surface area contributed by atoms with E-state index in [4.69, 9.17) is 0 Å². The first-order valence-electron chi connectivity index (χ1n) is 20.1. The zero-order valence-electron chi connectivity index (χ0n) is 35.3. The monoisotopic (exact) mass is 876 g/mol. The number of hydrogen-bond donors (Lipinski definition) is 0. The normalized spacial score (nSPS) is 13.0. The molecule has 0 saturated carbocycles. The maximum atomic E-state index is 2.99. The van der Waals surface area contributed by atoms with E-state index >= 15 is 0 Å². The van der Waals surface area contributed by atoms with E-state index in [1.807, 2.05) is 12.2 Å². The molecule has 0 saturated heterocycles. The van der Waals surface area contributed by atoms with Gasteiger partial charge in [0.25, 0.3) is 0 Å². The first-order chi connectivity index (χ1) is 26.8. The van der Waals surface area contributed by atoms with Gasteiger partial charge in [-0.3, -0.25) is 6.08 Å². The van der Waals surface area contributed by atoms with E-state index in [9.17, 15) is 0 Å². The van der Waals surface area contributed by atoms with Gasteiger partial charge in [-0.2, -0.15) is 6.08 Å². The Bertz CT molecular complexity index is 2260. The Hall–Kier alpha value is -4.00. The van der Waals surface area contributed by atoms with Crippen molar-refractivity contribution in [3.05, 3.63) is 198 Å². The summed E-state index contributed by atoms with van der Waals surface area (Å²) in [5, 5.41) is 5.36. The Morgan fingerprint density at radius 2 is 0.914 bits per heavy atom. The first kappa shape index (κ1) is 46.7. The van der Waals surface area contributed by atoms with Gasteiger partial charge in [0.05, 0.1) is 0 Å². The molecule has 0 spiro atoms. The topological polar surface area (TPSA) is 0 Å². The summed E-state index contributed by atoms with van der Waals surface area (Å²) in [7, 11) is 0. The summed E-state index contributed by atoms with van der Waals surface area (Å²) in [6.45, 7) is 18.6. The van der Waals surface area contributed by atoms with Crippen LogP contribution < -0.4 is 24.8 Å². The largest absolute Gasteiger partial charge is 1.00 e. The summed E-state index contributed by atoms with van der Waals surface area (Å²) < 4.78 is 1.61. The maximum Gasteiger partial charge on any atom is -0.109 e. The molecule has 0 radical (unpaired) electrons. The molecule has 7 aromatic carbocycles. The summed E-state index contributed by atoms with van der Waals surface area (Å²) in [5.41, 5.74) is 11.0. The fourth-order valence-corrected chi connectivity index (χ4v) is 8.44. The van der Waals surface area contributed by atoms with Crippen molar-refractivity contribution in [2.45, 2.75) is 84.5 Å². The number of hydrogen-bond acceptors (Lipinski definition) is 0. The minimum atomic E-state index is 0. The van der Waals surface area contributed by atoms with Gasteiger partial charge in [-0.05, 0) is 44.2 Å². The average molecular weight is 879 g/mol. The Labute approximate surface area is 376 Å². The van der Waals surface area contributed by atoms with Gasteiger partial charge in [0.15, 0.2) is 0 Å². The Morgan fingerprint density at radius 3 is 1.21 bits per heavy atom. The maximum absolute atomic E-state index is 2.99. The van der Waals surface area contributed by atoms with Gasteiger partial charge >= 0.3 is 125 Å². The molecule has 0 N–H and O–H groups in total. The van der Waals surface area contributed by atoms with Crippen LogP contribution >= 0.6 is 0 Å². The fraction of sp³-hybridized carbons (Fsp3) is 0.236. The van der Waals surface area contributed by atoms with E-state index in [1.165, 1.54) is 66.1 Å². The minimum Gasteiger partial charge on any atom is -1.00 e. The molecule has 0 nitrogen and oxygen atoms in total. The van der Waals surface area contributed by atoms with Crippen LogP contribution in [0.3, 0.4) is 0 Å².